The predicted octanol–water partition coefficient (Wildman–Crippen LogP) is 8.28. The molecule has 0 aliphatic rings. The van der Waals surface area contributed by atoms with E-state index in [-0.39, 0.29) is 12.6 Å². The Balaban J connectivity index is 1.69. The van der Waals surface area contributed by atoms with E-state index >= 15 is 0 Å². The first kappa shape index (κ1) is 27.4. The fourth-order valence-electron chi connectivity index (χ4n) is 5.67. The third kappa shape index (κ3) is 5.20. The van der Waals surface area contributed by atoms with Gasteiger partial charge in [0.2, 0.25) is 0 Å². The molecule has 0 saturated carbocycles. The van der Waals surface area contributed by atoms with Crippen LogP contribution in [0.4, 0.5) is 0 Å². The van der Waals surface area contributed by atoms with E-state index in [0.717, 1.165) is 16.7 Å². The molecule has 0 amide bonds. The second-order valence-electron chi connectivity index (χ2n) is 10.0. The highest BCUT2D eigenvalue weighted by Crippen LogP contribution is 2.59. The van der Waals surface area contributed by atoms with Crippen LogP contribution in [-0.4, -0.2) is 12.6 Å². The van der Waals surface area contributed by atoms with Gasteiger partial charge >= 0.3 is 5.97 Å². The number of esters is 1. The number of carbonyl (C=O) groups excluding carboxylic acids is 1. The molecule has 0 unspecified atom stereocenters. The molecule has 0 spiro atoms. The van der Waals surface area contributed by atoms with Crippen molar-refractivity contribution in [2.24, 2.45) is 0 Å². The van der Waals surface area contributed by atoms with Gasteiger partial charge in [-0.05, 0) is 48.9 Å². The van der Waals surface area contributed by atoms with Crippen LogP contribution in [-0.2, 0) is 10.9 Å². The average Bonchev–Trinajstić information content (AvgIpc) is 3.45. The topological polar surface area (TPSA) is 39.4 Å². The van der Waals surface area contributed by atoms with Crippen LogP contribution in [0.1, 0.15) is 23.0 Å². The van der Waals surface area contributed by atoms with E-state index in [9.17, 15) is 4.79 Å². The van der Waals surface area contributed by atoms with Gasteiger partial charge in [-0.25, -0.2) is 4.79 Å². The molecule has 0 N–H and O–H groups in total. The fraction of sp³-hybridized carbons (Fsp3) is 0.0789. The summed E-state index contributed by atoms with van der Waals surface area (Å²) in [6.07, 6.45) is 0.520. The molecule has 0 saturated heterocycles. The van der Waals surface area contributed by atoms with Crippen LogP contribution in [0.15, 0.2) is 156 Å². The molecule has 6 rings (SSSR count). The summed E-state index contributed by atoms with van der Waals surface area (Å²) in [5.74, 6) is 0.938. The molecule has 206 valence electrons. The van der Waals surface area contributed by atoms with Crippen molar-refractivity contribution < 1.29 is 13.9 Å². The number of rotatable bonds is 9. The molecule has 0 fully saturated rings. The Bertz CT molecular complexity index is 1650. The van der Waals surface area contributed by atoms with E-state index < -0.39 is 7.26 Å². The minimum absolute atomic E-state index is 0.273. The molecular weight excluding hydrogens is 535 g/mol. The quantitative estimate of drug-likeness (QED) is 0.130. The third-order valence-corrected chi connectivity index (χ3v) is 11.8. The monoisotopic (exact) mass is 567 g/mol. The maximum absolute atomic E-state index is 13.9. The van der Waals surface area contributed by atoms with E-state index in [1.807, 2.05) is 85.8 Å². The van der Waals surface area contributed by atoms with Crippen molar-refractivity contribution in [3.05, 3.63) is 163 Å². The van der Waals surface area contributed by atoms with Crippen LogP contribution in [0.5, 0.6) is 0 Å². The van der Waals surface area contributed by atoms with Gasteiger partial charge in [-0.15, -0.1) is 0 Å². The van der Waals surface area contributed by atoms with Gasteiger partial charge in [0.15, 0.2) is 5.76 Å². The largest absolute Gasteiger partial charge is 0.462 e. The molecule has 5 aromatic carbocycles. The first-order valence-corrected chi connectivity index (χ1v) is 16.2. The lowest BCUT2D eigenvalue weighted by molar-refractivity contribution is 0.0525. The minimum Gasteiger partial charge on any atom is -0.462 e. The summed E-state index contributed by atoms with van der Waals surface area (Å²) in [7, 11) is -2.35. The molecule has 3 nitrogen and oxygen atoms in total. The highest BCUT2D eigenvalue weighted by Gasteiger charge is 2.48. The summed E-state index contributed by atoms with van der Waals surface area (Å²) >= 11 is 0. The molecule has 1 heterocycles. The van der Waals surface area contributed by atoms with Crippen LogP contribution in [0, 0.1) is 0 Å². The molecule has 0 aliphatic heterocycles. The highest BCUT2D eigenvalue weighted by atomic mass is 31.2. The smallest absolute Gasteiger partial charge is 0.342 e. The summed E-state index contributed by atoms with van der Waals surface area (Å²) < 4.78 is 12.6. The summed E-state index contributed by atoms with van der Waals surface area (Å²) in [6.45, 7) is 2.11. The van der Waals surface area contributed by atoms with Gasteiger partial charge in [0.25, 0.3) is 0 Å². The van der Waals surface area contributed by atoms with Crippen LogP contribution in [0.3, 0.4) is 0 Å². The van der Waals surface area contributed by atoms with Gasteiger partial charge in [-0.1, -0.05) is 115 Å². The van der Waals surface area contributed by atoms with Crippen molar-refractivity contribution in [2.75, 3.05) is 6.61 Å². The SMILES string of the molecule is CCOC(=O)c1c(C[P+](c2ccccc2)(c2ccccc2)c2ccccc2)oc(-c2ccccc2)c1-c1ccccc1. The lowest BCUT2D eigenvalue weighted by Gasteiger charge is -2.27. The number of ether oxygens (including phenoxy) is 1. The Morgan fingerprint density at radius 1 is 0.595 bits per heavy atom. The van der Waals surface area contributed by atoms with Crippen molar-refractivity contribution >= 4 is 29.1 Å². The van der Waals surface area contributed by atoms with Gasteiger partial charge < -0.3 is 9.15 Å². The van der Waals surface area contributed by atoms with Crippen LogP contribution in [0.2, 0.25) is 0 Å². The Hall–Kier alpha value is -4.72. The molecule has 0 atom stereocenters. The van der Waals surface area contributed by atoms with Crippen molar-refractivity contribution in [3.8, 4) is 22.5 Å². The van der Waals surface area contributed by atoms with Crippen molar-refractivity contribution in [3.63, 3.8) is 0 Å². The number of carbonyl (C=O) groups is 1. The minimum atomic E-state index is -2.35. The number of hydrogen-bond acceptors (Lipinski definition) is 3. The van der Waals surface area contributed by atoms with Gasteiger partial charge in [-0.3, -0.25) is 0 Å². The van der Waals surface area contributed by atoms with Gasteiger partial charge in [-0.2, -0.15) is 0 Å². The van der Waals surface area contributed by atoms with E-state index in [1.54, 1.807) is 0 Å². The molecule has 0 radical (unpaired) electrons. The second kappa shape index (κ2) is 12.4. The molecule has 6 aromatic rings. The standard InChI is InChI=1S/C38H32O3P/c1-2-40-38(39)36-34(41-37(30-20-10-4-11-21-30)35(36)29-18-8-3-9-19-29)28-42(31-22-12-5-13-23-31,32-24-14-6-15-25-32)33-26-16-7-17-27-33/h3-27H,2,28H2,1H3/q+1. The third-order valence-electron chi connectivity index (χ3n) is 7.53. The normalized spacial score (nSPS) is 11.3. The van der Waals surface area contributed by atoms with Crippen molar-refractivity contribution in [1.82, 2.24) is 0 Å². The van der Waals surface area contributed by atoms with Gasteiger partial charge in [0.1, 0.15) is 40.7 Å². The lowest BCUT2D eigenvalue weighted by atomic mass is 9.97. The summed E-state index contributed by atoms with van der Waals surface area (Å²) in [6, 6.07) is 52.0. The van der Waals surface area contributed by atoms with Crippen LogP contribution in [0.25, 0.3) is 22.5 Å². The van der Waals surface area contributed by atoms with E-state index in [4.69, 9.17) is 9.15 Å². The van der Waals surface area contributed by atoms with Crippen LogP contribution >= 0.6 is 7.26 Å². The van der Waals surface area contributed by atoms with E-state index in [1.165, 1.54) is 15.9 Å². The van der Waals surface area contributed by atoms with Crippen molar-refractivity contribution in [2.45, 2.75) is 13.1 Å². The predicted molar refractivity (Wildman–Crippen MR) is 174 cm³/mol. The average molecular weight is 568 g/mol. The first-order valence-electron chi connectivity index (χ1n) is 14.2. The van der Waals surface area contributed by atoms with Gasteiger partial charge in [0, 0.05) is 11.1 Å². The molecule has 0 bridgehead atoms. The van der Waals surface area contributed by atoms with Crippen molar-refractivity contribution in [1.29, 1.82) is 0 Å². The molecular formula is C38H32O3P+. The van der Waals surface area contributed by atoms with E-state index in [0.29, 0.717) is 23.2 Å². The maximum Gasteiger partial charge on any atom is 0.342 e. The zero-order valence-corrected chi connectivity index (χ0v) is 24.4. The van der Waals surface area contributed by atoms with Crippen LogP contribution < -0.4 is 15.9 Å². The molecule has 42 heavy (non-hydrogen) atoms. The Morgan fingerprint density at radius 3 is 1.43 bits per heavy atom. The zero-order chi connectivity index (χ0) is 28.8. The molecule has 1 aromatic heterocycles. The molecule has 4 heteroatoms. The Labute approximate surface area is 247 Å². The lowest BCUT2D eigenvalue weighted by Crippen LogP contribution is -2.32. The fourth-order valence-corrected chi connectivity index (χ4v) is 9.80. The summed E-state index contributed by atoms with van der Waals surface area (Å²) in [4.78, 5) is 13.9. The van der Waals surface area contributed by atoms with Gasteiger partial charge in [0.05, 0.1) is 6.61 Å². The highest BCUT2D eigenvalue weighted by molar-refractivity contribution is 7.95. The Morgan fingerprint density at radius 2 is 1.00 bits per heavy atom. The second-order valence-corrected chi connectivity index (χ2v) is 13.5. The zero-order valence-electron chi connectivity index (χ0n) is 23.5. The summed E-state index contributed by atoms with van der Waals surface area (Å²) in [5, 5.41) is 3.66. The number of benzene rings is 5. The number of furan rings is 1. The summed E-state index contributed by atoms with van der Waals surface area (Å²) in [5.41, 5.74) is 3.09. The Kier molecular flexibility index (Phi) is 8.12. The van der Waals surface area contributed by atoms with E-state index in [2.05, 4.69) is 72.8 Å². The number of hydrogen-bond donors (Lipinski definition) is 0. The molecule has 0 aliphatic carbocycles. The first-order chi connectivity index (χ1) is 20.7. The maximum atomic E-state index is 13.9.